The molecule has 1 N–H and O–H groups in total. The third kappa shape index (κ3) is 2.80. The van der Waals surface area contributed by atoms with Crippen LogP contribution in [0, 0.1) is 0 Å². The summed E-state index contributed by atoms with van der Waals surface area (Å²) in [5.74, 6) is 0.368. The molecule has 0 spiro atoms. The van der Waals surface area contributed by atoms with E-state index in [0.717, 1.165) is 19.4 Å². The van der Waals surface area contributed by atoms with Crippen LogP contribution in [0.25, 0.3) is 10.8 Å². The van der Waals surface area contributed by atoms with Crippen LogP contribution < -0.4 is 10.1 Å². The third-order valence-electron chi connectivity index (χ3n) is 5.56. The molecule has 2 aliphatic rings. The van der Waals surface area contributed by atoms with Crippen molar-refractivity contribution in [3.05, 3.63) is 71.8 Å². The maximum Gasteiger partial charge on any atom is 0.262 e. The van der Waals surface area contributed by atoms with Gasteiger partial charge in [-0.25, -0.2) is 0 Å². The molecule has 2 amide bonds. The first kappa shape index (κ1) is 16.8. The van der Waals surface area contributed by atoms with Crippen LogP contribution in [0.1, 0.15) is 34.8 Å². The van der Waals surface area contributed by atoms with Crippen LogP contribution in [-0.2, 0) is 4.79 Å². The van der Waals surface area contributed by atoms with Gasteiger partial charge in [0.2, 0.25) is 0 Å². The van der Waals surface area contributed by atoms with Gasteiger partial charge in [0.05, 0.1) is 11.7 Å². The Bertz CT molecular complexity index is 1090. The van der Waals surface area contributed by atoms with E-state index in [1.54, 1.807) is 18.2 Å². The number of hydrogen-bond acceptors (Lipinski definition) is 3. The predicted octanol–water partition coefficient (Wildman–Crippen LogP) is 4.15. The molecule has 3 aromatic carbocycles. The molecule has 2 heterocycles. The first-order chi connectivity index (χ1) is 13.7. The number of nitrogens with one attached hydrogen (secondary N) is 1. The van der Waals surface area contributed by atoms with Gasteiger partial charge in [-0.2, -0.15) is 0 Å². The summed E-state index contributed by atoms with van der Waals surface area (Å²) >= 11 is 0. The van der Waals surface area contributed by atoms with E-state index in [0.29, 0.717) is 17.0 Å². The fraction of sp³-hybridized carbons (Fsp3) is 0.217. The van der Waals surface area contributed by atoms with E-state index in [4.69, 9.17) is 4.74 Å². The van der Waals surface area contributed by atoms with Crippen molar-refractivity contribution in [2.75, 3.05) is 18.5 Å². The summed E-state index contributed by atoms with van der Waals surface area (Å²) < 4.78 is 5.48. The summed E-state index contributed by atoms with van der Waals surface area (Å²) in [5, 5.41) is 5.15. The highest BCUT2D eigenvalue weighted by molar-refractivity contribution is 5.99. The van der Waals surface area contributed by atoms with Crippen LogP contribution in [0.3, 0.4) is 0 Å². The molecule has 1 saturated heterocycles. The minimum atomic E-state index is -0.179. The second-order valence-electron chi connectivity index (χ2n) is 7.27. The Kier molecular flexibility index (Phi) is 4.01. The summed E-state index contributed by atoms with van der Waals surface area (Å²) in [7, 11) is 0. The van der Waals surface area contributed by atoms with Crippen molar-refractivity contribution in [3.8, 4) is 5.75 Å². The minimum absolute atomic E-state index is 0.00117. The molecule has 28 heavy (non-hydrogen) atoms. The molecule has 0 unspecified atom stereocenters. The molecule has 0 bridgehead atoms. The lowest BCUT2D eigenvalue weighted by Gasteiger charge is -2.27. The summed E-state index contributed by atoms with van der Waals surface area (Å²) in [6.45, 7) is 0.717. The van der Waals surface area contributed by atoms with Gasteiger partial charge >= 0.3 is 0 Å². The van der Waals surface area contributed by atoms with Crippen molar-refractivity contribution >= 4 is 28.3 Å². The highest BCUT2D eigenvalue weighted by atomic mass is 16.5. The fourth-order valence-corrected chi connectivity index (χ4v) is 4.25. The zero-order valence-electron chi connectivity index (χ0n) is 15.4. The molecule has 0 radical (unpaired) electrons. The Hall–Kier alpha value is -3.34. The summed E-state index contributed by atoms with van der Waals surface area (Å²) in [5.41, 5.74) is 2.40. The van der Waals surface area contributed by atoms with Crippen molar-refractivity contribution in [2.45, 2.75) is 18.9 Å². The molecule has 0 aliphatic carbocycles. The summed E-state index contributed by atoms with van der Waals surface area (Å²) in [6, 6.07) is 19.9. The normalized spacial score (nSPS) is 18.5. The average Bonchev–Trinajstić information content (AvgIpc) is 3.22. The highest BCUT2D eigenvalue weighted by Crippen LogP contribution is 2.37. The molecule has 0 aromatic heterocycles. The number of fused-ring (bicyclic) bond motifs is 2. The molecule has 5 rings (SSSR count). The number of amides is 2. The number of carbonyl (C=O) groups is 2. The van der Waals surface area contributed by atoms with Crippen molar-refractivity contribution in [1.82, 2.24) is 4.90 Å². The van der Waals surface area contributed by atoms with E-state index in [9.17, 15) is 9.59 Å². The lowest BCUT2D eigenvalue weighted by Crippen LogP contribution is -2.31. The van der Waals surface area contributed by atoms with E-state index in [2.05, 4.69) is 35.6 Å². The predicted molar refractivity (Wildman–Crippen MR) is 108 cm³/mol. The highest BCUT2D eigenvalue weighted by Gasteiger charge is 2.32. The quantitative estimate of drug-likeness (QED) is 0.735. The van der Waals surface area contributed by atoms with E-state index in [-0.39, 0.29) is 24.5 Å². The summed E-state index contributed by atoms with van der Waals surface area (Å²) in [6.07, 6.45) is 1.94. The molecule has 1 fully saturated rings. The second-order valence-corrected chi connectivity index (χ2v) is 7.27. The van der Waals surface area contributed by atoms with Crippen LogP contribution in [0.5, 0.6) is 5.75 Å². The van der Waals surface area contributed by atoms with Gasteiger partial charge in [0.15, 0.2) is 6.61 Å². The van der Waals surface area contributed by atoms with Crippen molar-refractivity contribution in [3.63, 3.8) is 0 Å². The van der Waals surface area contributed by atoms with Crippen molar-refractivity contribution < 1.29 is 14.3 Å². The standard InChI is InChI=1S/C23H20N2O3/c26-22-14-28-21-13-16(10-11-19(21)24-22)23(27)25-12-4-9-20(25)18-8-3-6-15-5-1-2-7-17(15)18/h1-3,5-8,10-11,13,20H,4,9,12,14H2,(H,24,26)/t20-/m0/s1. The lowest BCUT2D eigenvalue weighted by atomic mass is 9.97. The first-order valence-corrected chi connectivity index (χ1v) is 9.56. The Balaban J connectivity index is 1.48. The molecule has 2 aliphatic heterocycles. The Morgan fingerprint density at radius 3 is 2.86 bits per heavy atom. The number of hydrogen-bond donors (Lipinski definition) is 1. The van der Waals surface area contributed by atoms with Gasteiger partial charge in [-0.3, -0.25) is 9.59 Å². The number of ether oxygens (including phenoxy) is 1. The maximum absolute atomic E-state index is 13.3. The molecular weight excluding hydrogens is 352 g/mol. The number of rotatable bonds is 2. The molecule has 0 saturated carbocycles. The van der Waals surface area contributed by atoms with Gasteiger partial charge in [0.1, 0.15) is 5.75 Å². The zero-order valence-corrected chi connectivity index (χ0v) is 15.4. The van der Waals surface area contributed by atoms with E-state index >= 15 is 0 Å². The molecule has 3 aromatic rings. The smallest absolute Gasteiger partial charge is 0.262 e. The van der Waals surface area contributed by atoms with E-state index in [1.165, 1.54) is 16.3 Å². The number of carbonyl (C=O) groups excluding carboxylic acids is 2. The zero-order chi connectivity index (χ0) is 19.1. The lowest BCUT2D eigenvalue weighted by molar-refractivity contribution is -0.118. The Labute approximate surface area is 162 Å². The van der Waals surface area contributed by atoms with E-state index < -0.39 is 0 Å². The number of likely N-dealkylation sites (tertiary alicyclic amines) is 1. The molecule has 5 heteroatoms. The van der Waals surface area contributed by atoms with Crippen LogP contribution in [-0.4, -0.2) is 29.9 Å². The van der Waals surface area contributed by atoms with Crippen molar-refractivity contribution in [1.29, 1.82) is 0 Å². The van der Waals surface area contributed by atoms with Gasteiger partial charge in [0, 0.05) is 12.1 Å². The van der Waals surface area contributed by atoms with Gasteiger partial charge in [-0.05, 0) is 47.4 Å². The average molecular weight is 372 g/mol. The Morgan fingerprint density at radius 2 is 1.93 bits per heavy atom. The monoisotopic (exact) mass is 372 g/mol. The largest absolute Gasteiger partial charge is 0.482 e. The van der Waals surface area contributed by atoms with Crippen LogP contribution in [0.4, 0.5) is 5.69 Å². The van der Waals surface area contributed by atoms with Crippen LogP contribution >= 0.6 is 0 Å². The van der Waals surface area contributed by atoms with Gasteiger partial charge < -0.3 is 15.0 Å². The van der Waals surface area contributed by atoms with Gasteiger partial charge in [0.25, 0.3) is 11.8 Å². The molecule has 5 nitrogen and oxygen atoms in total. The molecular formula is C23H20N2O3. The van der Waals surface area contributed by atoms with Gasteiger partial charge in [-0.15, -0.1) is 0 Å². The third-order valence-corrected chi connectivity index (χ3v) is 5.56. The summed E-state index contributed by atoms with van der Waals surface area (Å²) in [4.78, 5) is 26.7. The number of nitrogens with zero attached hydrogens (tertiary/aromatic N) is 1. The second kappa shape index (κ2) is 6.68. The SMILES string of the molecule is O=C1COc2cc(C(=O)N3CCC[C@H]3c3cccc4ccccc34)ccc2N1. The number of anilines is 1. The minimum Gasteiger partial charge on any atom is -0.482 e. The number of benzene rings is 3. The maximum atomic E-state index is 13.3. The molecule has 140 valence electrons. The van der Waals surface area contributed by atoms with Crippen molar-refractivity contribution in [2.24, 2.45) is 0 Å². The Morgan fingerprint density at radius 1 is 1.07 bits per heavy atom. The van der Waals surface area contributed by atoms with Gasteiger partial charge in [-0.1, -0.05) is 42.5 Å². The molecule has 1 atom stereocenters. The van der Waals surface area contributed by atoms with E-state index in [1.807, 2.05) is 17.0 Å². The van der Waals surface area contributed by atoms with Crippen LogP contribution in [0.2, 0.25) is 0 Å². The first-order valence-electron chi connectivity index (χ1n) is 9.56. The fourth-order valence-electron chi connectivity index (χ4n) is 4.25. The van der Waals surface area contributed by atoms with Crippen LogP contribution in [0.15, 0.2) is 60.7 Å². The topological polar surface area (TPSA) is 58.6 Å².